The van der Waals surface area contributed by atoms with E-state index in [4.69, 9.17) is 4.74 Å². The maximum atomic E-state index is 5.45. The van der Waals surface area contributed by atoms with Crippen LogP contribution in [0.3, 0.4) is 0 Å². The summed E-state index contributed by atoms with van der Waals surface area (Å²) in [7, 11) is 0. The topological polar surface area (TPSA) is 35.3 Å². The maximum Gasteiger partial charge on any atom is 0.130 e. The van der Waals surface area contributed by atoms with E-state index in [1.165, 1.54) is 0 Å². The molecule has 0 aliphatic heterocycles. The van der Waals surface area contributed by atoms with Gasteiger partial charge in [-0.25, -0.2) is 0 Å². The van der Waals surface area contributed by atoms with Crippen LogP contribution in [0.5, 0.6) is 5.75 Å². The zero-order valence-electron chi connectivity index (χ0n) is 7.01. The molecule has 0 atom stereocenters. The van der Waals surface area contributed by atoms with Gasteiger partial charge in [0.2, 0.25) is 0 Å². The highest BCUT2D eigenvalue weighted by molar-refractivity contribution is 5.21. The first-order valence-corrected chi connectivity index (χ1v) is 4.01. The minimum atomic E-state index is 0.494. The Morgan fingerprint density at radius 2 is 2.08 bits per heavy atom. The SMILES string of the molecule is c1ccc(OCc2cnoc2)cc1. The Labute approximate surface area is 75.9 Å². The van der Waals surface area contributed by atoms with Gasteiger partial charge in [0.05, 0.1) is 6.20 Å². The fourth-order valence-corrected chi connectivity index (χ4v) is 0.981. The highest BCUT2D eigenvalue weighted by atomic mass is 16.5. The Kier molecular flexibility index (Phi) is 2.27. The van der Waals surface area contributed by atoms with Gasteiger partial charge in [0, 0.05) is 5.56 Å². The molecular weight excluding hydrogens is 166 g/mol. The minimum Gasteiger partial charge on any atom is -0.489 e. The molecule has 0 unspecified atom stereocenters. The van der Waals surface area contributed by atoms with Crippen LogP contribution in [0.4, 0.5) is 0 Å². The number of para-hydroxylation sites is 1. The third-order valence-electron chi connectivity index (χ3n) is 1.63. The summed E-state index contributed by atoms with van der Waals surface area (Å²) in [5.74, 6) is 0.851. The van der Waals surface area contributed by atoms with Gasteiger partial charge < -0.3 is 9.26 Å². The maximum absolute atomic E-state index is 5.45. The molecule has 0 amide bonds. The lowest BCUT2D eigenvalue weighted by Gasteiger charge is -2.02. The van der Waals surface area contributed by atoms with Crippen molar-refractivity contribution in [3.05, 3.63) is 48.4 Å². The molecule has 0 radical (unpaired) electrons. The van der Waals surface area contributed by atoms with Gasteiger partial charge in [0.1, 0.15) is 18.6 Å². The second-order valence-corrected chi connectivity index (χ2v) is 2.63. The number of hydrogen-bond donors (Lipinski definition) is 0. The lowest BCUT2D eigenvalue weighted by Crippen LogP contribution is -1.92. The van der Waals surface area contributed by atoms with Gasteiger partial charge >= 0.3 is 0 Å². The van der Waals surface area contributed by atoms with Crippen molar-refractivity contribution in [1.29, 1.82) is 0 Å². The van der Waals surface area contributed by atoms with Gasteiger partial charge in [0.25, 0.3) is 0 Å². The van der Waals surface area contributed by atoms with Crippen molar-refractivity contribution in [2.75, 3.05) is 0 Å². The highest BCUT2D eigenvalue weighted by Crippen LogP contribution is 2.10. The summed E-state index contributed by atoms with van der Waals surface area (Å²) in [6, 6.07) is 9.64. The van der Waals surface area contributed by atoms with Crippen LogP contribution >= 0.6 is 0 Å². The predicted octanol–water partition coefficient (Wildman–Crippen LogP) is 2.25. The lowest BCUT2D eigenvalue weighted by molar-refractivity contribution is 0.304. The van der Waals surface area contributed by atoms with E-state index in [1.807, 2.05) is 30.3 Å². The third kappa shape index (κ3) is 2.08. The zero-order valence-corrected chi connectivity index (χ0v) is 7.01. The van der Waals surface area contributed by atoms with Gasteiger partial charge in [-0.1, -0.05) is 23.4 Å². The average molecular weight is 175 g/mol. The van der Waals surface area contributed by atoms with Crippen LogP contribution in [-0.2, 0) is 6.61 Å². The second-order valence-electron chi connectivity index (χ2n) is 2.63. The number of benzene rings is 1. The summed E-state index contributed by atoms with van der Waals surface area (Å²) < 4.78 is 10.1. The van der Waals surface area contributed by atoms with Crippen molar-refractivity contribution in [2.45, 2.75) is 6.61 Å². The van der Waals surface area contributed by atoms with E-state index in [0.717, 1.165) is 11.3 Å². The molecule has 0 saturated carbocycles. The third-order valence-corrected chi connectivity index (χ3v) is 1.63. The first-order chi connectivity index (χ1) is 6.45. The van der Waals surface area contributed by atoms with E-state index >= 15 is 0 Å². The van der Waals surface area contributed by atoms with Crippen molar-refractivity contribution in [2.24, 2.45) is 0 Å². The van der Waals surface area contributed by atoms with Crippen molar-refractivity contribution in [3.8, 4) is 5.75 Å². The van der Waals surface area contributed by atoms with Crippen LogP contribution < -0.4 is 4.74 Å². The van der Waals surface area contributed by atoms with Gasteiger partial charge in [-0.3, -0.25) is 0 Å². The van der Waals surface area contributed by atoms with E-state index in [2.05, 4.69) is 9.68 Å². The molecule has 2 aromatic rings. The standard InChI is InChI=1S/C10H9NO2/c1-2-4-10(5-3-1)12-7-9-6-11-13-8-9/h1-6,8H,7H2. The van der Waals surface area contributed by atoms with Gasteiger partial charge in [0.15, 0.2) is 0 Å². The van der Waals surface area contributed by atoms with E-state index in [0.29, 0.717) is 6.61 Å². The van der Waals surface area contributed by atoms with E-state index in [1.54, 1.807) is 12.5 Å². The predicted molar refractivity (Wildman–Crippen MR) is 47.3 cm³/mol. The van der Waals surface area contributed by atoms with Gasteiger partial charge in [-0.05, 0) is 12.1 Å². The molecule has 1 heterocycles. The Morgan fingerprint density at radius 1 is 1.23 bits per heavy atom. The van der Waals surface area contributed by atoms with Crippen LogP contribution in [0, 0.1) is 0 Å². The van der Waals surface area contributed by atoms with Crippen LogP contribution in [0.25, 0.3) is 0 Å². The van der Waals surface area contributed by atoms with Crippen molar-refractivity contribution in [3.63, 3.8) is 0 Å². The molecule has 1 aromatic heterocycles. The molecule has 0 aliphatic carbocycles. The summed E-state index contributed by atoms with van der Waals surface area (Å²) in [6.07, 6.45) is 3.21. The Bertz CT molecular complexity index is 342. The minimum absolute atomic E-state index is 0.494. The summed E-state index contributed by atoms with van der Waals surface area (Å²) >= 11 is 0. The fraction of sp³-hybridized carbons (Fsp3) is 0.100. The number of hydrogen-bond acceptors (Lipinski definition) is 3. The molecule has 3 nitrogen and oxygen atoms in total. The Morgan fingerprint density at radius 3 is 2.77 bits per heavy atom. The Balaban J connectivity index is 1.94. The van der Waals surface area contributed by atoms with E-state index < -0.39 is 0 Å². The molecule has 3 heteroatoms. The molecule has 0 fully saturated rings. The van der Waals surface area contributed by atoms with Crippen molar-refractivity contribution >= 4 is 0 Å². The molecule has 1 aromatic carbocycles. The van der Waals surface area contributed by atoms with Crippen molar-refractivity contribution in [1.82, 2.24) is 5.16 Å². The highest BCUT2D eigenvalue weighted by Gasteiger charge is 1.96. The molecule has 66 valence electrons. The second kappa shape index (κ2) is 3.76. The molecule has 0 bridgehead atoms. The summed E-state index contributed by atoms with van der Waals surface area (Å²) in [4.78, 5) is 0. The molecule has 0 saturated heterocycles. The fourth-order valence-electron chi connectivity index (χ4n) is 0.981. The summed E-state index contributed by atoms with van der Waals surface area (Å²) in [5.41, 5.74) is 0.934. The first-order valence-electron chi connectivity index (χ1n) is 4.01. The van der Waals surface area contributed by atoms with Gasteiger partial charge in [-0.2, -0.15) is 0 Å². The van der Waals surface area contributed by atoms with Crippen LogP contribution in [0.1, 0.15) is 5.56 Å². The zero-order chi connectivity index (χ0) is 8.93. The molecule has 0 N–H and O–H groups in total. The number of nitrogens with zero attached hydrogens (tertiary/aromatic N) is 1. The first kappa shape index (κ1) is 7.86. The lowest BCUT2D eigenvalue weighted by atomic mass is 10.3. The largest absolute Gasteiger partial charge is 0.489 e. The molecule has 0 aliphatic rings. The van der Waals surface area contributed by atoms with Crippen LogP contribution in [0.2, 0.25) is 0 Å². The van der Waals surface area contributed by atoms with E-state index in [9.17, 15) is 0 Å². The summed E-state index contributed by atoms with van der Waals surface area (Å²) in [5, 5.41) is 3.58. The normalized spacial score (nSPS) is 9.85. The number of aromatic nitrogens is 1. The van der Waals surface area contributed by atoms with Gasteiger partial charge in [-0.15, -0.1) is 0 Å². The molecule has 2 rings (SSSR count). The van der Waals surface area contributed by atoms with Crippen LogP contribution in [-0.4, -0.2) is 5.16 Å². The van der Waals surface area contributed by atoms with Crippen molar-refractivity contribution < 1.29 is 9.26 Å². The smallest absolute Gasteiger partial charge is 0.130 e. The molecule has 13 heavy (non-hydrogen) atoms. The monoisotopic (exact) mass is 175 g/mol. The number of ether oxygens (including phenoxy) is 1. The number of rotatable bonds is 3. The molecule has 0 spiro atoms. The summed E-state index contributed by atoms with van der Waals surface area (Å²) in [6.45, 7) is 0.494. The average Bonchev–Trinajstić information content (AvgIpc) is 2.69. The quantitative estimate of drug-likeness (QED) is 0.717. The molecular formula is C10H9NO2. The Hall–Kier alpha value is -1.77. The van der Waals surface area contributed by atoms with Crippen LogP contribution in [0.15, 0.2) is 47.3 Å². The van der Waals surface area contributed by atoms with E-state index in [-0.39, 0.29) is 0 Å².